The number of hydrogen-bond donors (Lipinski definition) is 0. The van der Waals surface area contributed by atoms with Crippen molar-refractivity contribution in [2.24, 2.45) is 0 Å². The van der Waals surface area contributed by atoms with Gasteiger partial charge >= 0.3 is 0 Å². The van der Waals surface area contributed by atoms with E-state index in [0.29, 0.717) is 6.61 Å². The highest BCUT2D eigenvalue weighted by atomic mass is 32.2. The van der Waals surface area contributed by atoms with Gasteiger partial charge in [0.2, 0.25) is 0 Å². The normalized spacial score (nSPS) is 11.1. The first-order chi connectivity index (χ1) is 14.3. The molecule has 0 amide bonds. The Hall–Kier alpha value is -2.55. The Bertz CT molecular complexity index is 1030. The Balaban J connectivity index is 1.58. The Morgan fingerprint density at radius 3 is 2.76 bits per heavy atom. The minimum absolute atomic E-state index is 0.459. The monoisotopic (exact) mass is 423 g/mol. The minimum atomic E-state index is 0.459. The lowest BCUT2D eigenvalue weighted by Gasteiger charge is -2.10. The average Bonchev–Trinajstić information content (AvgIpc) is 3.39. The van der Waals surface area contributed by atoms with E-state index in [0.717, 1.165) is 41.1 Å². The number of ether oxygens (including phenoxy) is 1. The van der Waals surface area contributed by atoms with Gasteiger partial charge in [-0.05, 0) is 41.3 Å². The Kier molecular flexibility index (Phi) is 6.66. The zero-order chi connectivity index (χ0) is 19.9. The van der Waals surface area contributed by atoms with Gasteiger partial charge in [0.05, 0.1) is 12.3 Å². The first kappa shape index (κ1) is 19.8. The number of methoxy groups -OCH3 is 1. The predicted molar refractivity (Wildman–Crippen MR) is 114 cm³/mol. The van der Waals surface area contributed by atoms with Crippen LogP contribution in [0.25, 0.3) is 0 Å². The SMILES string of the molecule is COCc1cc(Sc2nnc(Cc3cccs3)n2CCc2ccccc2)ncn1. The Labute approximate surface area is 178 Å². The molecule has 29 heavy (non-hydrogen) atoms. The third-order valence-electron chi connectivity index (χ3n) is 4.36. The number of thiophene rings is 1. The summed E-state index contributed by atoms with van der Waals surface area (Å²) in [5.74, 6) is 0.969. The molecule has 0 unspecified atom stereocenters. The Morgan fingerprint density at radius 1 is 1.07 bits per heavy atom. The second-order valence-corrected chi connectivity index (χ2v) is 8.44. The largest absolute Gasteiger partial charge is 0.378 e. The van der Waals surface area contributed by atoms with Crippen LogP contribution in [-0.2, 0) is 30.7 Å². The van der Waals surface area contributed by atoms with Crippen molar-refractivity contribution in [2.45, 2.75) is 36.2 Å². The van der Waals surface area contributed by atoms with Crippen LogP contribution in [0.5, 0.6) is 0 Å². The van der Waals surface area contributed by atoms with Crippen molar-refractivity contribution in [1.82, 2.24) is 24.7 Å². The first-order valence-corrected chi connectivity index (χ1v) is 11.0. The third-order valence-corrected chi connectivity index (χ3v) is 6.15. The maximum atomic E-state index is 5.18. The molecule has 3 heterocycles. The van der Waals surface area contributed by atoms with E-state index in [-0.39, 0.29) is 0 Å². The fourth-order valence-electron chi connectivity index (χ4n) is 2.96. The predicted octanol–water partition coefficient (Wildman–Crippen LogP) is 4.26. The molecule has 8 heteroatoms. The molecule has 0 radical (unpaired) electrons. The van der Waals surface area contributed by atoms with Gasteiger partial charge in [0.15, 0.2) is 5.16 Å². The van der Waals surface area contributed by atoms with Gasteiger partial charge < -0.3 is 9.30 Å². The van der Waals surface area contributed by atoms with Crippen LogP contribution in [-0.4, -0.2) is 31.8 Å². The molecule has 148 valence electrons. The summed E-state index contributed by atoms with van der Waals surface area (Å²) in [5.41, 5.74) is 2.14. The molecule has 0 aliphatic carbocycles. The van der Waals surface area contributed by atoms with Crippen LogP contribution in [0.4, 0.5) is 0 Å². The van der Waals surface area contributed by atoms with Crippen LogP contribution >= 0.6 is 23.1 Å². The van der Waals surface area contributed by atoms with Gasteiger partial charge in [0.25, 0.3) is 0 Å². The molecule has 0 saturated heterocycles. The maximum Gasteiger partial charge on any atom is 0.197 e. The highest BCUT2D eigenvalue weighted by molar-refractivity contribution is 7.99. The number of benzene rings is 1. The molecule has 3 aromatic heterocycles. The summed E-state index contributed by atoms with van der Waals surface area (Å²) in [7, 11) is 1.66. The van der Waals surface area contributed by atoms with E-state index in [1.54, 1.807) is 24.8 Å². The summed E-state index contributed by atoms with van der Waals surface area (Å²) in [6.45, 7) is 1.27. The van der Waals surface area contributed by atoms with Gasteiger partial charge in [0.1, 0.15) is 17.2 Å². The number of rotatable bonds is 9. The van der Waals surface area contributed by atoms with E-state index in [4.69, 9.17) is 4.74 Å². The van der Waals surface area contributed by atoms with Gasteiger partial charge in [-0.25, -0.2) is 9.97 Å². The van der Waals surface area contributed by atoms with Crippen LogP contribution in [0.15, 0.2) is 70.4 Å². The van der Waals surface area contributed by atoms with Crippen LogP contribution in [0, 0.1) is 0 Å². The van der Waals surface area contributed by atoms with Gasteiger partial charge in [-0.2, -0.15) is 0 Å². The molecule has 0 aliphatic rings. The van der Waals surface area contributed by atoms with Crippen molar-refractivity contribution in [2.75, 3.05) is 7.11 Å². The lowest BCUT2D eigenvalue weighted by Crippen LogP contribution is -2.08. The fraction of sp³-hybridized carbons (Fsp3) is 0.238. The molecule has 0 spiro atoms. The summed E-state index contributed by atoms with van der Waals surface area (Å²) >= 11 is 3.25. The molecule has 0 atom stereocenters. The number of aromatic nitrogens is 5. The summed E-state index contributed by atoms with van der Waals surface area (Å²) in [5, 5.41) is 12.7. The molecule has 6 nitrogen and oxygen atoms in total. The lowest BCUT2D eigenvalue weighted by molar-refractivity contribution is 0.181. The van der Waals surface area contributed by atoms with Crippen molar-refractivity contribution in [3.63, 3.8) is 0 Å². The summed E-state index contributed by atoms with van der Waals surface area (Å²) in [6.07, 6.45) is 3.26. The molecular weight excluding hydrogens is 402 g/mol. The number of nitrogens with zero attached hydrogens (tertiary/aromatic N) is 5. The molecule has 0 aliphatic heterocycles. The van der Waals surface area contributed by atoms with E-state index < -0.39 is 0 Å². The summed E-state index contributed by atoms with van der Waals surface area (Å²) in [4.78, 5) is 9.89. The first-order valence-electron chi connectivity index (χ1n) is 9.28. The molecule has 4 aromatic rings. The standard InChI is InChI=1S/C21H21N5OS2/c1-27-14-17-12-20(23-15-22-17)29-21-25-24-19(13-18-8-5-11-28-18)26(21)10-9-16-6-3-2-4-7-16/h2-8,11-12,15H,9-10,13-14H2,1H3. The minimum Gasteiger partial charge on any atom is -0.378 e. The zero-order valence-corrected chi connectivity index (χ0v) is 17.7. The highest BCUT2D eigenvalue weighted by Gasteiger charge is 2.15. The van der Waals surface area contributed by atoms with Crippen molar-refractivity contribution in [1.29, 1.82) is 0 Å². The van der Waals surface area contributed by atoms with E-state index in [2.05, 4.69) is 66.5 Å². The molecule has 4 rings (SSSR count). The van der Waals surface area contributed by atoms with Gasteiger partial charge in [-0.1, -0.05) is 36.4 Å². The van der Waals surface area contributed by atoms with Crippen molar-refractivity contribution in [3.05, 3.63) is 82.2 Å². The molecule has 0 saturated carbocycles. The van der Waals surface area contributed by atoms with Crippen LogP contribution in [0.1, 0.15) is 22.0 Å². The van der Waals surface area contributed by atoms with E-state index >= 15 is 0 Å². The average molecular weight is 424 g/mol. The van der Waals surface area contributed by atoms with Crippen LogP contribution in [0.3, 0.4) is 0 Å². The Morgan fingerprint density at radius 2 is 1.97 bits per heavy atom. The van der Waals surface area contributed by atoms with Gasteiger partial charge in [-0.3, -0.25) is 0 Å². The van der Waals surface area contributed by atoms with Crippen molar-refractivity contribution in [3.8, 4) is 0 Å². The van der Waals surface area contributed by atoms with Crippen LogP contribution in [0.2, 0.25) is 0 Å². The quantitative estimate of drug-likeness (QED) is 0.375. The topological polar surface area (TPSA) is 65.7 Å². The number of hydrogen-bond acceptors (Lipinski definition) is 7. The summed E-state index contributed by atoms with van der Waals surface area (Å²) < 4.78 is 7.38. The van der Waals surface area contributed by atoms with Crippen molar-refractivity contribution < 1.29 is 4.74 Å². The zero-order valence-electron chi connectivity index (χ0n) is 16.1. The second kappa shape index (κ2) is 9.78. The highest BCUT2D eigenvalue weighted by Crippen LogP contribution is 2.27. The number of aryl methyl sites for hydroxylation is 1. The molecular formula is C21H21N5OS2. The maximum absolute atomic E-state index is 5.18. The van der Waals surface area contributed by atoms with E-state index in [1.807, 2.05) is 12.1 Å². The molecule has 0 N–H and O–H groups in total. The molecule has 0 bridgehead atoms. The second-order valence-electron chi connectivity index (χ2n) is 6.42. The molecule has 1 aromatic carbocycles. The van der Waals surface area contributed by atoms with Gasteiger partial charge in [-0.15, -0.1) is 21.5 Å². The fourth-order valence-corrected chi connectivity index (χ4v) is 4.53. The smallest absolute Gasteiger partial charge is 0.197 e. The summed E-state index contributed by atoms with van der Waals surface area (Å²) in [6, 6.07) is 16.6. The van der Waals surface area contributed by atoms with E-state index in [9.17, 15) is 0 Å². The van der Waals surface area contributed by atoms with E-state index in [1.165, 1.54) is 22.2 Å². The lowest BCUT2D eigenvalue weighted by atomic mass is 10.1. The molecule has 0 fully saturated rings. The third kappa shape index (κ3) is 5.29. The van der Waals surface area contributed by atoms with Crippen LogP contribution < -0.4 is 0 Å². The van der Waals surface area contributed by atoms with Crippen molar-refractivity contribution >= 4 is 23.1 Å². The van der Waals surface area contributed by atoms with Gasteiger partial charge in [0, 0.05) is 25.0 Å².